The third-order valence-corrected chi connectivity index (χ3v) is 5.65. The molecular formula is C24H27FN2O4. The van der Waals surface area contributed by atoms with E-state index in [0.717, 1.165) is 13.1 Å². The molecule has 7 heteroatoms. The van der Waals surface area contributed by atoms with Crippen LogP contribution >= 0.6 is 0 Å². The lowest BCUT2D eigenvalue weighted by molar-refractivity contribution is -0.140. The van der Waals surface area contributed by atoms with Crippen LogP contribution in [0.4, 0.5) is 4.39 Å². The second kappa shape index (κ2) is 9.75. The van der Waals surface area contributed by atoms with E-state index in [0.29, 0.717) is 17.9 Å². The Balaban J connectivity index is 2.10. The molecule has 0 aromatic heterocycles. The first-order valence-corrected chi connectivity index (χ1v) is 10.3. The Bertz CT molecular complexity index is 983. The Morgan fingerprint density at radius 2 is 1.74 bits per heavy atom. The van der Waals surface area contributed by atoms with Crippen LogP contribution in [0, 0.1) is 5.82 Å². The van der Waals surface area contributed by atoms with Gasteiger partial charge < -0.3 is 19.6 Å². The highest BCUT2D eigenvalue weighted by Crippen LogP contribution is 2.40. The van der Waals surface area contributed by atoms with Gasteiger partial charge in [0, 0.05) is 24.2 Å². The van der Waals surface area contributed by atoms with Crippen molar-refractivity contribution in [2.24, 2.45) is 0 Å². The van der Waals surface area contributed by atoms with Crippen LogP contribution in [0.1, 0.15) is 31.0 Å². The van der Waals surface area contributed by atoms with E-state index >= 15 is 0 Å². The van der Waals surface area contributed by atoms with Gasteiger partial charge in [0.2, 0.25) is 0 Å². The lowest BCUT2D eigenvalue weighted by Gasteiger charge is -2.28. The minimum Gasteiger partial charge on any atom is -0.507 e. The van der Waals surface area contributed by atoms with Crippen molar-refractivity contribution in [2.75, 3.05) is 33.3 Å². The second-order valence-electron chi connectivity index (χ2n) is 7.27. The zero-order valence-corrected chi connectivity index (χ0v) is 18.0. The van der Waals surface area contributed by atoms with Crippen LogP contribution in [0.15, 0.2) is 54.1 Å². The Labute approximate surface area is 181 Å². The van der Waals surface area contributed by atoms with Gasteiger partial charge in [-0.3, -0.25) is 9.59 Å². The van der Waals surface area contributed by atoms with Crippen molar-refractivity contribution in [2.45, 2.75) is 19.9 Å². The van der Waals surface area contributed by atoms with Crippen molar-refractivity contribution in [1.29, 1.82) is 0 Å². The maximum absolute atomic E-state index is 14.8. The average molecular weight is 426 g/mol. The zero-order chi connectivity index (χ0) is 22.5. The molecule has 0 spiro atoms. The molecule has 0 aliphatic carbocycles. The van der Waals surface area contributed by atoms with Crippen LogP contribution in [0.25, 0.3) is 5.76 Å². The first-order valence-electron chi connectivity index (χ1n) is 10.3. The Kier molecular flexibility index (Phi) is 7.07. The molecule has 0 saturated carbocycles. The second-order valence-corrected chi connectivity index (χ2v) is 7.27. The summed E-state index contributed by atoms with van der Waals surface area (Å²) in [4.78, 5) is 29.3. The molecule has 31 heavy (non-hydrogen) atoms. The number of benzene rings is 2. The van der Waals surface area contributed by atoms with E-state index in [-0.39, 0.29) is 23.4 Å². The van der Waals surface area contributed by atoms with Crippen LogP contribution in [-0.4, -0.2) is 59.9 Å². The molecule has 1 saturated heterocycles. The number of ether oxygens (including phenoxy) is 1. The third-order valence-electron chi connectivity index (χ3n) is 5.65. The molecule has 6 nitrogen and oxygen atoms in total. The van der Waals surface area contributed by atoms with Gasteiger partial charge in [0.15, 0.2) is 0 Å². The number of halogens is 1. The number of aliphatic hydroxyl groups excluding tert-OH is 1. The molecule has 1 amide bonds. The van der Waals surface area contributed by atoms with Gasteiger partial charge in [-0.25, -0.2) is 4.39 Å². The maximum atomic E-state index is 14.8. The number of likely N-dealkylation sites (tertiary alicyclic amines) is 1. The monoisotopic (exact) mass is 426 g/mol. The normalized spacial score (nSPS) is 18.1. The smallest absolute Gasteiger partial charge is 0.295 e. The average Bonchev–Trinajstić information content (AvgIpc) is 3.04. The van der Waals surface area contributed by atoms with Crippen LogP contribution in [0.5, 0.6) is 5.75 Å². The number of aliphatic hydroxyl groups is 1. The number of carbonyl (C=O) groups excluding carboxylic acids is 2. The highest BCUT2D eigenvalue weighted by atomic mass is 19.1. The molecule has 1 heterocycles. The zero-order valence-electron chi connectivity index (χ0n) is 18.0. The number of hydrogen-bond acceptors (Lipinski definition) is 5. The summed E-state index contributed by atoms with van der Waals surface area (Å²) in [7, 11) is 1.52. The summed E-state index contributed by atoms with van der Waals surface area (Å²) in [5.74, 6) is -1.85. The highest BCUT2D eigenvalue weighted by molar-refractivity contribution is 6.46. The fraction of sp³-hybridized carbons (Fsp3) is 0.333. The molecule has 2 aromatic carbocycles. The molecule has 1 atom stereocenters. The molecule has 1 fully saturated rings. The fourth-order valence-electron chi connectivity index (χ4n) is 3.82. The molecule has 0 radical (unpaired) electrons. The molecule has 1 aliphatic rings. The van der Waals surface area contributed by atoms with E-state index in [2.05, 4.69) is 4.90 Å². The number of amides is 1. The summed E-state index contributed by atoms with van der Waals surface area (Å²) in [5, 5.41) is 11.0. The predicted octanol–water partition coefficient (Wildman–Crippen LogP) is 3.60. The fourth-order valence-corrected chi connectivity index (χ4v) is 3.82. The number of rotatable bonds is 8. The molecular weight excluding hydrogens is 399 g/mol. The van der Waals surface area contributed by atoms with Gasteiger partial charge in [0.1, 0.15) is 17.3 Å². The van der Waals surface area contributed by atoms with E-state index < -0.39 is 23.5 Å². The first-order chi connectivity index (χ1) is 14.9. The quantitative estimate of drug-likeness (QED) is 0.397. The summed E-state index contributed by atoms with van der Waals surface area (Å²) in [6.45, 7) is 6.37. The van der Waals surface area contributed by atoms with E-state index in [1.54, 1.807) is 36.4 Å². The van der Waals surface area contributed by atoms with Crippen LogP contribution in [0.2, 0.25) is 0 Å². The summed E-state index contributed by atoms with van der Waals surface area (Å²) < 4.78 is 19.9. The van der Waals surface area contributed by atoms with Crippen molar-refractivity contribution in [1.82, 2.24) is 9.80 Å². The summed E-state index contributed by atoms with van der Waals surface area (Å²) in [5.41, 5.74) is 0.417. The van der Waals surface area contributed by atoms with Crippen LogP contribution in [-0.2, 0) is 9.59 Å². The molecule has 2 aromatic rings. The van der Waals surface area contributed by atoms with E-state index in [9.17, 15) is 19.1 Å². The minimum absolute atomic E-state index is 0.111. The third kappa shape index (κ3) is 4.46. The molecule has 3 rings (SSSR count). The Morgan fingerprint density at radius 1 is 1.10 bits per heavy atom. The lowest BCUT2D eigenvalue weighted by Crippen LogP contribution is -2.38. The molecule has 0 bridgehead atoms. The molecule has 1 unspecified atom stereocenters. The number of likely N-dealkylation sites (N-methyl/N-ethyl adjacent to an activating group) is 1. The number of methoxy groups -OCH3 is 1. The van der Waals surface area contributed by atoms with E-state index in [1.807, 2.05) is 13.8 Å². The van der Waals surface area contributed by atoms with Crippen LogP contribution in [0.3, 0.4) is 0 Å². The van der Waals surface area contributed by atoms with Crippen molar-refractivity contribution >= 4 is 17.4 Å². The molecule has 1 N–H and O–H groups in total. The SMILES string of the molecule is CCN(CC)CCN1C(=O)C(=O)C(=C(O)c2ccc(OC)cc2)C1c1ccccc1F. The number of Topliss-reactive ketones (excluding diaryl/α,β-unsaturated/α-hetero) is 1. The number of ketones is 1. The Hall–Kier alpha value is -3.19. The standard InChI is InChI=1S/C24H27FN2O4/c1-4-26(5-2)14-15-27-21(18-8-6-7-9-19(18)25)20(23(29)24(27)30)22(28)16-10-12-17(31-3)13-11-16/h6-13,21,28H,4-5,14-15H2,1-3H3. The van der Waals surface area contributed by atoms with Gasteiger partial charge in [-0.1, -0.05) is 32.0 Å². The Morgan fingerprint density at radius 3 is 2.32 bits per heavy atom. The summed E-state index contributed by atoms with van der Waals surface area (Å²) in [6.07, 6.45) is 0. The minimum atomic E-state index is -1.00. The van der Waals surface area contributed by atoms with Gasteiger partial charge in [-0.15, -0.1) is 0 Å². The number of hydrogen-bond donors (Lipinski definition) is 1. The van der Waals surface area contributed by atoms with Crippen molar-refractivity contribution in [3.8, 4) is 5.75 Å². The summed E-state index contributed by atoms with van der Waals surface area (Å²) in [6, 6.07) is 11.5. The largest absolute Gasteiger partial charge is 0.507 e. The number of carbonyl (C=O) groups is 2. The highest BCUT2D eigenvalue weighted by Gasteiger charge is 2.46. The van der Waals surface area contributed by atoms with Gasteiger partial charge in [0.25, 0.3) is 11.7 Å². The number of nitrogens with zero attached hydrogens (tertiary/aromatic N) is 2. The van der Waals surface area contributed by atoms with Crippen molar-refractivity contribution < 1.29 is 23.8 Å². The maximum Gasteiger partial charge on any atom is 0.295 e. The molecule has 164 valence electrons. The lowest BCUT2D eigenvalue weighted by atomic mass is 9.95. The van der Waals surface area contributed by atoms with Crippen molar-refractivity contribution in [3.05, 3.63) is 71.0 Å². The summed E-state index contributed by atoms with van der Waals surface area (Å²) >= 11 is 0. The van der Waals surface area contributed by atoms with E-state index in [1.165, 1.54) is 24.1 Å². The predicted molar refractivity (Wildman–Crippen MR) is 116 cm³/mol. The topological polar surface area (TPSA) is 70.1 Å². The van der Waals surface area contributed by atoms with Gasteiger partial charge >= 0.3 is 0 Å². The van der Waals surface area contributed by atoms with Crippen molar-refractivity contribution in [3.63, 3.8) is 0 Å². The van der Waals surface area contributed by atoms with Gasteiger partial charge in [-0.05, 0) is 43.4 Å². The van der Waals surface area contributed by atoms with Gasteiger partial charge in [-0.2, -0.15) is 0 Å². The van der Waals surface area contributed by atoms with E-state index in [4.69, 9.17) is 4.74 Å². The molecule has 1 aliphatic heterocycles. The van der Waals surface area contributed by atoms with Crippen LogP contribution < -0.4 is 4.74 Å². The van der Waals surface area contributed by atoms with Gasteiger partial charge in [0.05, 0.1) is 18.7 Å². The first kappa shape index (κ1) is 22.5.